The van der Waals surface area contributed by atoms with Crippen molar-refractivity contribution < 1.29 is 9.84 Å². The first-order valence-corrected chi connectivity index (χ1v) is 7.72. The van der Waals surface area contributed by atoms with E-state index in [1.54, 1.807) is 7.11 Å². The van der Waals surface area contributed by atoms with E-state index in [-0.39, 0.29) is 0 Å². The number of rotatable bonds is 10. The molecule has 0 aromatic heterocycles. The van der Waals surface area contributed by atoms with E-state index < -0.39 is 0 Å². The molecule has 1 rings (SSSR count). The lowest BCUT2D eigenvalue weighted by Crippen LogP contribution is -1.94. The molecule has 0 aliphatic carbocycles. The average molecular weight is 276 g/mol. The topological polar surface area (TPSA) is 29.5 Å². The number of phenols is 1. The normalized spacial score (nSPS) is 10.5. The third-order valence-electron chi connectivity index (χ3n) is 3.61. The minimum absolute atomic E-state index is 0.300. The SMILES string of the molecule is C=CCc1cc(CCCCCCCC)c(O)c(OC)c1. The molecule has 1 aromatic carbocycles. The fourth-order valence-corrected chi connectivity index (χ4v) is 2.46. The monoisotopic (exact) mass is 276 g/mol. The van der Waals surface area contributed by atoms with Gasteiger partial charge in [-0.2, -0.15) is 0 Å². The van der Waals surface area contributed by atoms with Crippen LogP contribution in [0.2, 0.25) is 0 Å². The first kappa shape index (κ1) is 16.6. The van der Waals surface area contributed by atoms with E-state index >= 15 is 0 Å². The molecule has 2 heteroatoms. The zero-order valence-electron chi connectivity index (χ0n) is 13.0. The molecule has 20 heavy (non-hydrogen) atoms. The average Bonchev–Trinajstić information content (AvgIpc) is 2.45. The minimum atomic E-state index is 0.300. The number of hydrogen-bond donors (Lipinski definition) is 1. The van der Waals surface area contributed by atoms with Crippen molar-refractivity contribution in [2.24, 2.45) is 0 Å². The van der Waals surface area contributed by atoms with Crippen LogP contribution in [0.4, 0.5) is 0 Å². The van der Waals surface area contributed by atoms with Crippen molar-refractivity contribution in [3.63, 3.8) is 0 Å². The van der Waals surface area contributed by atoms with Crippen LogP contribution in [0.3, 0.4) is 0 Å². The van der Waals surface area contributed by atoms with Crippen molar-refractivity contribution in [2.45, 2.75) is 58.3 Å². The lowest BCUT2D eigenvalue weighted by Gasteiger charge is -2.11. The predicted molar refractivity (Wildman–Crippen MR) is 85.6 cm³/mol. The van der Waals surface area contributed by atoms with Crippen LogP contribution in [0.15, 0.2) is 24.8 Å². The number of unbranched alkanes of at least 4 members (excludes halogenated alkanes) is 5. The van der Waals surface area contributed by atoms with Gasteiger partial charge in [0.05, 0.1) is 7.11 Å². The van der Waals surface area contributed by atoms with Crippen molar-refractivity contribution in [2.75, 3.05) is 7.11 Å². The summed E-state index contributed by atoms with van der Waals surface area (Å²) in [6, 6.07) is 3.97. The van der Waals surface area contributed by atoms with Crippen LogP contribution in [0, 0.1) is 0 Å². The number of benzene rings is 1. The highest BCUT2D eigenvalue weighted by Gasteiger charge is 2.10. The molecule has 0 heterocycles. The molecule has 0 bridgehead atoms. The number of ether oxygens (including phenoxy) is 1. The maximum Gasteiger partial charge on any atom is 0.161 e. The Morgan fingerprint density at radius 2 is 1.85 bits per heavy atom. The van der Waals surface area contributed by atoms with E-state index in [1.165, 1.54) is 32.1 Å². The second-order valence-electron chi connectivity index (χ2n) is 5.32. The number of allylic oxidation sites excluding steroid dienone is 1. The maximum atomic E-state index is 10.2. The van der Waals surface area contributed by atoms with Gasteiger partial charge in [0.2, 0.25) is 0 Å². The van der Waals surface area contributed by atoms with Gasteiger partial charge in [-0.15, -0.1) is 6.58 Å². The van der Waals surface area contributed by atoms with Crippen molar-refractivity contribution in [1.29, 1.82) is 0 Å². The van der Waals surface area contributed by atoms with Gasteiger partial charge in [-0.05, 0) is 36.5 Å². The fraction of sp³-hybridized carbons (Fsp3) is 0.556. The number of phenolic OH excluding ortho intramolecular Hbond substituents is 1. The van der Waals surface area contributed by atoms with Gasteiger partial charge in [0.1, 0.15) is 0 Å². The van der Waals surface area contributed by atoms with Crippen LogP contribution in [-0.4, -0.2) is 12.2 Å². The summed E-state index contributed by atoms with van der Waals surface area (Å²) >= 11 is 0. The van der Waals surface area contributed by atoms with Crippen molar-refractivity contribution >= 4 is 0 Å². The molecule has 1 N–H and O–H groups in total. The van der Waals surface area contributed by atoms with Gasteiger partial charge < -0.3 is 9.84 Å². The lowest BCUT2D eigenvalue weighted by atomic mass is 10.0. The standard InChI is InChI=1S/C18H28O2/c1-4-6-7-8-9-10-12-16-13-15(11-5-2)14-17(20-3)18(16)19/h5,13-14,19H,2,4,6-12H2,1,3H3. The summed E-state index contributed by atoms with van der Waals surface area (Å²) in [5, 5.41) is 10.2. The van der Waals surface area contributed by atoms with E-state index in [1.807, 2.05) is 12.1 Å². The number of hydrogen-bond acceptors (Lipinski definition) is 2. The second-order valence-corrected chi connectivity index (χ2v) is 5.32. The van der Waals surface area contributed by atoms with Gasteiger partial charge in [0.25, 0.3) is 0 Å². The van der Waals surface area contributed by atoms with Crippen molar-refractivity contribution in [3.05, 3.63) is 35.9 Å². The summed E-state index contributed by atoms with van der Waals surface area (Å²) in [5.41, 5.74) is 2.15. The van der Waals surface area contributed by atoms with E-state index in [9.17, 15) is 5.11 Å². The summed E-state index contributed by atoms with van der Waals surface area (Å²) < 4.78 is 5.25. The fourth-order valence-electron chi connectivity index (χ4n) is 2.46. The van der Waals surface area contributed by atoms with Crippen LogP contribution < -0.4 is 4.74 Å². The Balaban J connectivity index is 2.58. The predicted octanol–water partition coefficient (Wildman–Crippen LogP) is 5.03. The molecule has 0 saturated heterocycles. The van der Waals surface area contributed by atoms with Gasteiger partial charge in [0, 0.05) is 0 Å². The third kappa shape index (κ3) is 5.28. The summed E-state index contributed by atoms with van der Waals surface area (Å²) in [6.45, 7) is 6.00. The molecule has 112 valence electrons. The van der Waals surface area contributed by atoms with Crippen LogP contribution in [0.1, 0.15) is 56.6 Å². The molecule has 0 spiro atoms. The van der Waals surface area contributed by atoms with Crippen LogP contribution >= 0.6 is 0 Å². The minimum Gasteiger partial charge on any atom is -0.504 e. The highest BCUT2D eigenvalue weighted by molar-refractivity contribution is 5.49. The van der Waals surface area contributed by atoms with Crippen molar-refractivity contribution in [1.82, 2.24) is 0 Å². The van der Waals surface area contributed by atoms with E-state index in [0.29, 0.717) is 11.5 Å². The van der Waals surface area contributed by atoms with Gasteiger partial charge in [0.15, 0.2) is 11.5 Å². The maximum absolute atomic E-state index is 10.2. The van der Waals surface area contributed by atoms with Crippen LogP contribution in [0.25, 0.3) is 0 Å². The smallest absolute Gasteiger partial charge is 0.161 e. The van der Waals surface area contributed by atoms with Crippen molar-refractivity contribution in [3.8, 4) is 11.5 Å². The Hall–Kier alpha value is -1.44. The lowest BCUT2D eigenvalue weighted by molar-refractivity contribution is 0.369. The van der Waals surface area contributed by atoms with Gasteiger partial charge in [-0.1, -0.05) is 51.2 Å². The molecule has 0 aliphatic rings. The third-order valence-corrected chi connectivity index (χ3v) is 3.61. The molecule has 0 fully saturated rings. The second kappa shape index (κ2) is 9.46. The van der Waals surface area contributed by atoms with Crippen LogP contribution in [-0.2, 0) is 12.8 Å². The Kier molecular flexibility index (Phi) is 7.86. The Morgan fingerprint density at radius 1 is 1.15 bits per heavy atom. The molecular formula is C18H28O2. The van der Waals surface area contributed by atoms with Gasteiger partial charge in [-0.3, -0.25) is 0 Å². The summed E-state index contributed by atoms with van der Waals surface area (Å²) in [5.74, 6) is 0.874. The Morgan fingerprint density at radius 3 is 2.50 bits per heavy atom. The van der Waals surface area contributed by atoms with Gasteiger partial charge in [-0.25, -0.2) is 0 Å². The summed E-state index contributed by atoms with van der Waals surface area (Å²) in [4.78, 5) is 0. The number of aromatic hydroxyl groups is 1. The first-order valence-electron chi connectivity index (χ1n) is 7.72. The zero-order chi connectivity index (χ0) is 14.8. The molecule has 0 radical (unpaired) electrons. The summed E-state index contributed by atoms with van der Waals surface area (Å²) in [6.07, 6.45) is 11.2. The van der Waals surface area contributed by atoms with E-state index in [2.05, 4.69) is 19.6 Å². The Labute approximate surface area is 123 Å². The molecular weight excluding hydrogens is 248 g/mol. The molecule has 0 saturated carbocycles. The number of aryl methyl sites for hydroxylation is 1. The number of methoxy groups -OCH3 is 1. The van der Waals surface area contributed by atoms with E-state index in [4.69, 9.17) is 4.74 Å². The van der Waals surface area contributed by atoms with E-state index in [0.717, 1.165) is 30.4 Å². The molecule has 0 unspecified atom stereocenters. The van der Waals surface area contributed by atoms with Crippen LogP contribution in [0.5, 0.6) is 11.5 Å². The quantitative estimate of drug-likeness (QED) is 0.479. The molecule has 2 nitrogen and oxygen atoms in total. The first-order chi connectivity index (χ1) is 9.72. The molecule has 0 atom stereocenters. The molecule has 0 aliphatic heterocycles. The zero-order valence-corrected chi connectivity index (χ0v) is 13.0. The highest BCUT2D eigenvalue weighted by Crippen LogP contribution is 2.32. The molecule has 0 amide bonds. The summed E-state index contributed by atoms with van der Waals surface area (Å²) in [7, 11) is 1.60. The Bertz CT molecular complexity index is 410. The largest absolute Gasteiger partial charge is 0.504 e. The van der Waals surface area contributed by atoms with Gasteiger partial charge >= 0.3 is 0 Å². The molecule has 1 aromatic rings. The highest BCUT2D eigenvalue weighted by atomic mass is 16.5.